The van der Waals surface area contributed by atoms with Crippen molar-refractivity contribution in [1.29, 1.82) is 0 Å². The molecular formula is C28H27BrN4O3S. The molecule has 3 aromatic carbocycles. The summed E-state index contributed by atoms with van der Waals surface area (Å²) in [5.74, 6) is -0.567. The molecule has 0 saturated carbocycles. The van der Waals surface area contributed by atoms with Crippen LogP contribution in [0.4, 0.5) is 5.69 Å². The molecule has 0 fully saturated rings. The van der Waals surface area contributed by atoms with Crippen LogP contribution >= 0.6 is 15.9 Å². The lowest BCUT2D eigenvalue weighted by Crippen LogP contribution is -2.39. The summed E-state index contributed by atoms with van der Waals surface area (Å²) in [6.07, 6.45) is 1.57. The van der Waals surface area contributed by atoms with Gasteiger partial charge in [0, 0.05) is 27.1 Å². The van der Waals surface area contributed by atoms with Crippen molar-refractivity contribution in [1.82, 2.24) is 9.99 Å². The van der Waals surface area contributed by atoms with Gasteiger partial charge in [0.25, 0.3) is 15.9 Å². The highest BCUT2D eigenvalue weighted by atomic mass is 79.9. The fourth-order valence-electron chi connectivity index (χ4n) is 4.02. The Morgan fingerprint density at radius 1 is 0.973 bits per heavy atom. The summed E-state index contributed by atoms with van der Waals surface area (Å²) in [6.45, 7) is 5.60. The van der Waals surface area contributed by atoms with Crippen LogP contribution in [0.15, 0.2) is 99.4 Å². The largest absolute Gasteiger partial charge is 0.318 e. The van der Waals surface area contributed by atoms with Gasteiger partial charge in [0.05, 0.1) is 16.8 Å². The number of carbonyl (C=O) groups is 1. The zero-order valence-corrected chi connectivity index (χ0v) is 23.1. The summed E-state index contributed by atoms with van der Waals surface area (Å²) in [4.78, 5) is 12.9. The van der Waals surface area contributed by atoms with E-state index in [4.69, 9.17) is 0 Å². The summed E-state index contributed by atoms with van der Waals surface area (Å²) in [5, 5.41) is 4.12. The second kappa shape index (κ2) is 11.1. The number of aromatic nitrogens is 1. The first kappa shape index (κ1) is 26.4. The van der Waals surface area contributed by atoms with E-state index in [1.807, 2.05) is 26.8 Å². The van der Waals surface area contributed by atoms with E-state index >= 15 is 0 Å². The highest BCUT2D eigenvalue weighted by Gasteiger charge is 2.27. The maximum absolute atomic E-state index is 13.4. The van der Waals surface area contributed by atoms with Crippen molar-refractivity contribution in [2.75, 3.05) is 10.8 Å². The molecule has 0 saturated heterocycles. The molecule has 4 aromatic rings. The molecule has 0 aliphatic carbocycles. The number of hydrogen-bond acceptors (Lipinski definition) is 4. The van der Waals surface area contributed by atoms with E-state index in [1.54, 1.807) is 48.7 Å². The zero-order chi connectivity index (χ0) is 26.6. The van der Waals surface area contributed by atoms with Crippen molar-refractivity contribution < 1.29 is 13.2 Å². The Bertz CT molecular complexity index is 1550. The van der Waals surface area contributed by atoms with Gasteiger partial charge in [-0.05, 0) is 69.3 Å². The molecule has 1 amide bonds. The molecule has 9 heteroatoms. The molecule has 7 nitrogen and oxygen atoms in total. The molecule has 37 heavy (non-hydrogen) atoms. The number of carbonyl (C=O) groups excluding carboxylic acids is 1. The SMILES string of the molecule is Cc1ccc(-n2c(C)cc(/C=N\NC(=O)CN(c3cccc(Br)c3)S(=O)(=O)c3ccccc3)c2C)cc1. The number of nitrogens with one attached hydrogen (secondary N) is 1. The zero-order valence-electron chi connectivity index (χ0n) is 20.7. The van der Waals surface area contributed by atoms with Gasteiger partial charge >= 0.3 is 0 Å². The number of amides is 1. The first-order valence-electron chi connectivity index (χ1n) is 11.6. The molecule has 4 rings (SSSR count). The van der Waals surface area contributed by atoms with Crippen molar-refractivity contribution in [3.8, 4) is 5.69 Å². The first-order valence-corrected chi connectivity index (χ1v) is 13.8. The van der Waals surface area contributed by atoms with Crippen molar-refractivity contribution in [2.24, 2.45) is 5.10 Å². The Balaban J connectivity index is 1.54. The van der Waals surface area contributed by atoms with Gasteiger partial charge in [0.1, 0.15) is 6.54 Å². The lowest BCUT2D eigenvalue weighted by atomic mass is 10.2. The Morgan fingerprint density at radius 2 is 1.68 bits per heavy atom. The number of halogens is 1. The van der Waals surface area contributed by atoms with Crippen LogP contribution in [0.2, 0.25) is 0 Å². The van der Waals surface area contributed by atoms with Crippen LogP contribution in [0.25, 0.3) is 5.69 Å². The number of rotatable bonds is 8. The lowest BCUT2D eigenvalue weighted by Gasteiger charge is -2.23. The molecule has 1 aromatic heterocycles. The summed E-state index contributed by atoms with van der Waals surface area (Å²) in [6, 6.07) is 25.0. The maximum Gasteiger partial charge on any atom is 0.264 e. The predicted octanol–water partition coefficient (Wildman–Crippen LogP) is 5.51. The molecule has 0 aliphatic heterocycles. The molecule has 0 bridgehead atoms. The minimum atomic E-state index is -3.99. The number of nitrogens with zero attached hydrogens (tertiary/aromatic N) is 3. The standard InChI is InChI=1S/C28H27BrN4O3S/c1-20-12-14-25(15-13-20)33-21(2)16-23(22(33)3)18-30-31-28(34)19-32(26-9-7-8-24(29)17-26)37(35,36)27-10-5-4-6-11-27/h4-18H,19H2,1-3H3,(H,31,34)/b30-18-. The van der Waals surface area contributed by atoms with Crippen LogP contribution in [-0.2, 0) is 14.8 Å². The number of anilines is 1. The van der Waals surface area contributed by atoms with Crippen LogP contribution in [0.5, 0.6) is 0 Å². The van der Waals surface area contributed by atoms with E-state index in [0.717, 1.165) is 26.9 Å². The van der Waals surface area contributed by atoms with Gasteiger partial charge in [0.15, 0.2) is 0 Å². The fourth-order valence-corrected chi connectivity index (χ4v) is 5.84. The van der Waals surface area contributed by atoms with Gasteiger partial charge in [-0.1, -0.05) is 57.9 Å². The fraction of sp³-hybridized carbons (Fsp3) is 0.143. The molecule has 190 valence electrons. The highest BCUT2D eigenvalue weighted by molar-refractivity contribution is 9.10. The molecule has 0 radical (unpaired) electrons. The Kier molecular flexibility index (Phi) is 7.94. The summed E-state index contributed by atoms with van der Waals surface area (Å²) in [7, 11) is -3.99. The van der Waals surface area contributed by atoms with Crippen LogP contribution in [-0.4, -0.2) is 31.7 Å². The van der Waals surface area contributed by atoms with E-state index in [2.05, 4.69) is 55.3 Å². The molecule has 0 atom stereocenters. The van der Waals surface area contributed by atoms with Gasteiger partial charge in [-0.3, -0.25) is 9.10 Å². The van der Waals surface area contributed by atoms with E-state index in [-0.39, 0.29) is 4.90 Å². The average molecular weight is 580 g/mol. The first-order chi connectivity index (χ1) is 17.7. The number of hydrogen-bond donors (Lipinski definition) is 1. The van der Waals surface area contributed by atoms with Gasteiger partial charge in [-0.15, -0.1) is 0 Å². The summed E-state index contributed by atoms with van der Waals surface area (Å²) < 4.78 is 30.7. The number of aryl methyl sites for hydroxylation is 2. The van der Waals surface area contributed by atoms with Crippen LogP contribution in [0.3, 0.4) is 0 Å². The van der Waals surface area contributed by atoms with Gasteiger partial charge in [0.2, 0.25) is 0 Å². The summed E-state index contributed by atoms with van der Waals surface area (Å²) in [5.41, 5.74) is 7.91. The average Bonchev–Trinajstić information content (AvgIpc) is 3.16. The Labute approximate surface area is 225 Å². The van der Waals surface area contributed by atoms with Crippen molar-refractivity contribution in [3.63, 3.8) is 0 Å². The molecule has 0 aliphatic rings. The summed E-state index contributed by atoms with van der Waals surface area (Å²) >= 11 is 3.37. The minimum absolute atomic E-state index is 0.0924. The molecule has 0 unspecified atom stereocenters. The van der Waals surface area contributed by atoms with Gasteiger partial charge < -0.3 is 4.57 Å². The highest BCUT2D eigenvalue weighted by Crippen LogP contribution is 2.26. The third kappa shape index (κ3) is 6.00. The van der Waals surface area contributed by atoms with Crippen LogP contribution < -0.4 is 9.73 Å². The molecule has 1 heterocycles. The van der Waals surface area contributed by atoms with E-state index in [1.165, 1.54) is 17.7 Å². The quantitative estimate of drug-likeness (QED) is 0.221. The third-order valence-corrected chi connectivity index (χ3v) is 8.15. The van der Waals surface area contributed by atoms with Crippen molar-refractivity contribution in [2.45, 2.75) is 25.7 Å². The van der Waals surface area contributed by atoms with Gasteiger partial charge in [-0.25, -0.2) is 13.8 Å². The minimum Gasteiger partial charge on any atom is -0.318 e. The normalized spacial score (nSPS) is 11.6. The van der Waals surface area contributed by atoms with Crippen molar-refractivity contribution in [3.05, 3.63) is 112 Å². The van der Waals surface area contributed by atoms with Crippen LogP contribution in [0.1, 0.15) is 22.5 Å². The number of hydrazone groups is 1. The topological polar surface area (TPSA) is 83.8 Å². The number of benzene rings is 3. The van der Waals surface area contributed by atoms with Crippen molar-refractivity contribution >= 4 is 43.8 Å². The molecular weight excluding hydrogens is 552 g/mol. The smallest absolute Gasteiger partial charge is 0.264 e. The lowest BCUT2D eigenvalue weighted by molar-refractivity contribution is -0.119. The number of sulfonamides is 1. The van der Waals surface area contributed by atoms with Crippen LogP contribution in [0, 0.1) is 20.8 Å². The maximum atomic E-state index is 13.4. The van der Waals surface area contributed by atoms with E-state index < -0.39 is 22.5 Å². The third-order valence-electron chi connectivity index (χ3n) is 5.87. The molecule has 1 N–H and O–H groups in total. The second-order valence-corrected chi connectivity index (χ2v) is 11.4. The van der Waals surface area contributed by atoms with E-state index in [9.17, 15) is 13.2 Å². The molecule has 0 spiro atoms. The Hall–Kier alpha value is -3.69. The Morgan fingerprint density at radius 3 is 2.35 bits per heavy atom. The predicted molar refractivity (Wildman–Crippen MR) is 151 cm³/mol. The second-order valence-electron chi connectivity index (χ2n) is 8.60. The van der Waals surface area contributed by atoms with E-state index in [0.29, 0.717) is 10.2 Å². The van der Waals surface area contributed by atoms with Gasteiger partial charge in [-0.2, -0.15) is 5.10 Å². The monoisotopic (exact) mass is 578 g/mol.